The molecule has 0 saturated carbocycles. The molecular formula is C16H25ClN4. The quantitative estimate of drug-likeness (QED) is 0.722. The smallest absolute Gasteiger partial charge is 0.154 e. The predicted molar refractivity (Wildman–Crippen MR) is 89.5 cm³/mol. The van der Waals surface area contributed by atoms with Gasteiger partial charge in [0, 0.05) is 30.9 Å². The maximum atomic E-state index is 6.02. The van der Waals surface area contributed by atoms with Gasteiger partial charge in [0.15, 0.2) is 5.82 Å². The molecule has 2 heterocycles. The lowest BCUT2D eigenvalue weighted by molar-refractivity contribution is 0.563. The van der Waals surface area contributed by atoms with Crippen LogP contribution in [0.1, 0.15) is 52.1 Å². The van der Waals surface area contributed by atoms with Gasteiger partial charge in [-0.05, 0) is 24.8 Å². The number of alkyl halides is 1. The van der Waals surface area contributed by atoms with E-state index in [4.69, 9.17) is 11.6 Å². The van der Waals surface area contributed by atoms with Gasteiger partial charge in [0.2, 0.25) is 0 Å². The summed E-state index contributed by atoms with van der Waals surface area (Å²) in [4.78, 5) is 6.95. The van der Waals surface area contributed by atoms with E-state index in [0.29, 0.717) is 17.8 Å². The molecule has 0 radical (unpaired) electrons. The van der Waals surface area contributed by atoms with E-state index >= 15 is 0 Å². The summed E-state index contributed by atoms with van der Waals surface area (Å²) < 4.78 is 1.93. The average molecular weight is 309 g/mol. The largest absolute Gasteiger partial charge is 0.351 e. The fourth-order valence-corrected chi connectivity index (χ4v) is 2.89. The molecule has 0 spiro atoms. The molecule has 0 atom stereocenters. The number of nitrogens with zero attached hydrogens (tertiary/aromatic N) is 4. The van der Waals surface area contributed by atoms with Crippen molar-refractivity contribution in [3.63, 3.8) is 0 Å². The van der Waals surface area contributed by atoms with Gasteiger partial charge in [-0.2, -0.15) is 5.10 Å². The van der Waals surface area contributed by atoms with Crippen molar-refractivity contribution in [1.29, 1.82) is 0 Å². The van der Waals surface area contributed by atoms with E-state index in [-0.39, 0.29) is 0 Å². The topological polar surface area (TPSA) is 33.4 Å². The van der Waals surface area contributed by atoms with E-state index in [1.165, 1.54) is 0 Å². The highest BCUT2D eigenvalue weighted by Gasteiger charge is 2.20. The van der Waals surface area contributed by atoms with Crippen molar-refractivity contribution >= 4 is 22.9 Å². The maximum Gasteiger partial charge on any atom is 0.154 e. The minimum Gasteiger partial charge on any atom is -0.351 e. The first-order valence-electron chi connectivity index (χ1n) is 7.79. The number of aromatic nitrogens is 3. The fourth-order valence-electron chi connectivity index (χ4n) is 2.71. The lowest BCUT2D eigenvalue weighted by Crippen LogP contribution is -2.37. The molecule has 5 heteroatoms. The molecule has 0 amide bonds. The van der Waals surface area contributed by atoms with Crippen molar-refractivity contribution < 1.29 is 0 Å². The van der Waals surface area contributed by atoms with Crippen LogP contribution in [-0.2, 0) is 0 Å². The van der Waals surface area contributed by atoms with Gasteiger partial charge < -0.3 is 4.90 Å². The summed E-state index contributed by atoms with van der Waals surface area (Å²) in [6.45, 7) is 9.55. The zero-order chi connectivity index (χ0) is 15.4. The second-order valence-electron chi connectivity index (χ2n) is 5.66. The van der Waals surface area contributed by atoms with Gasteiger partial charge in [0.25, 0.3) is 0 Å². The third-order valence-corrected chi connectivity index (χ3v) is 4.13. The van der Waals surface area contributed by atoms with Crippen LogP contribution in [0.5, 0.6) is 0 Å². The number of fused-ring (bicyclic) bond motifs is 1. The summed E-state index contributed by atoms with van der Waals surface area (Å²) in [7, 11) is 0. The van der Waals surface area contributed by atoms with Gasteiger partial charge in [-0.3, -0.25) is 0 Å². The van der Waals surface area contributed by atoms with Crippen LogP contribution < -0.4 is 4.90 Å². The molecule has 0 aliphatic rings. The summed E-state index contributed by atoms with van der Waals surface area (Å²) >= 11 is 6.02. The van der Waals surface area contributed by atoms with Crippen molar-refractivity contribution in [2.75, 3.05) is 17.3 Å². The van der Waals surface area contributed by atoms with Crippen LogP contribution in [0.15, 0.2) is 18.5 Å². The highest BCUT2D eigenvalue weighted by Crippen LogP contribution is 2.25. The Morgan fingerprint density at radius 3 is 2.57 bits per heavy atom. The van der Waals surface area contributed by atoms with Crippen molar-refractivity contribution in [3.8, 4) is 0 Å². The first kappa shape index (κ1) is 16.1. The molecule has 2 rings (SSSR count). The van der Waals surface area contributed by atoms with Gasteiger partial charge in [0.1, 0.15) is 5.52 Å². The van der Waals surface area contributed by atoms with E-state index in [1.807, 2.05) is 16.9 Å². The monoisotopic (exact) mass is 308 g/mol. The van der Waals surface area contributed by atoms with E-state index in [0.717, 1.165) is 36.4 Å². The minimum atomic E-state index is 0.410. The molecule has 0 fully saturated rings. The first-order chi connectivity index (χ1) is 10.1. The lowest BCUT2D eigenvalue weighted by Gasteiger charge is -2.31. The second kappa shape index (κ2) is 7.12. The summed E-state index contributed by atoms with van der Waals surface area (Å²) in [5.74, 6) is 2.00. The summed E-state index contributed by atoms with van der Waals surface area (Å²) in [5, 5.41) is 4.64. The molecule has 0 saturated heterocycles. The number of rotatable bonds is 7. The Morgan fingerprint density at radius 2 is 2.00 bits per heavy atom. The van der Waals surface area contributed by atoms with E-state index in [2.05, 4.69) is 48.7 Å². The van der Waals surface area contributed by atoms with Crippen LogP contribution in [0.25, 0.3) is 5.52 Å². The van der Waals surface area contributed by atoms with Crippen LogP contribution in [-0.4, -0.2) is 33.1 Å². The second-order valence-corrected chi connectivity index (χ2v) is 6.04. The third-order valence-electron chi connectivity index (χ3n) is 3.96. The third kappa shape index (κ3) is 3.31. The van der Waals surface area contributed by atoms with Crippen LogP contribution in [0.2, 0.25) is 0 Å². The summed E-state index contributed by atoms with van der Waals surface area (Å²) in [6, 6.07) is 2.61. The molecule has 2 aromatic rings. The molecule has 21 heavy (non-hydrogen) atoms. The molecule has 116 valence electrons. The van der Waals surface area contributed by atoms with Crippen LogP contribution in [0.3, 0.4) is 0 Å². The highest BCUT2D eigenvalue weighted by atomic mass is 35.5. The first-order valence-corrected chi connectivity index (χ1v) is 8.32. The van der Waals surface area contributed by atoms with Crippen molar-refractivity contribution in [3.05, 3.63) is 24.2 Å². The zero-order valence-electron chi connectivity index (χ0n) is 13.4. The maximum absolute atomic E-state index is 6.02. The predicted octanol–water partition coefficient (Wildman–Crippen LogP) is 4.09. The summed E-state index contributed by atoms with van der Waals surface area (Å²) in [6.07, 6.45) is 5.90. The molecule has 0 N–H and O–H groups in total. The molecule has 0 aliphatic carbocycles. The number of halogens is 1. The zero-order valence-corrected chi connectivity index (χ0v) is 14.1. The molecule has 2 aromatic heterocycles. The lowest BCUT2D eigenvalue weighted by atomic mass is 10.1. The van der Waals surface area contributed by atoms with Crippen molar-refractivity contribution in [1.82, 2.24) is 14.6 Å². The van der Waals surface area contributed by atoms with E-state index in [1.54, 1.807) is 0 Å². The summed E-state index contributed by atoms with van der Waals surface area (Å²) in [5.41, 5.74) is 2.16. The molecule has 0 bridgehead atoms. The molecule has 0 aliphatic heterocycles. The van der Waals surface area contributed by atoms with Gasteiger partial charge in [-0.25, -0.2) is 9.50 Å². The van der Waals surface area contributed by atoms with Crippen molar-refractivity contribution in [2.45, 2.75) is 52.5 Å². The number of hydrogen-bond donors (Lipinski definition) is 0. The Hall–Kier alpha value is -1.29. The normalized spacial score (nSPS) is 11.8. The number of hydrogen-bond acceptors (Lipinski definition) is 3. The molecular weight excluding hydrogens is 284 g/mol. The Labute approximate surface area is 132 Å². The van der Waals surface area contributed by atoms with E-state index < -0.39 is 0 Å². The standard InChI is InChI=1S/C16H25ClN4/c1-5-13(6-2)20(9-7-17)16-15-11-14(12(3)4)19-21(15)10-8-18-16/h8,10-13H,5-7,9H2,1-4H3. The Morgan fingerprint density at radius 1 is 1.29 bits per heavy atom. The Bertz CT molecular complexity index is 575. The average Bonchev–Trinajstić information content (AvgIpc) is 2.92. The Kier molecular flexibility index (Phi) is 5.45. The van der Waals surface area contributed by atoms with Crippen LogP contribution >= 0.6 is 11.6 Å². The van der Waals surface area contributed by atoms with Gasteiger partial charge in [-0.1, -0.05) is 27.7 Å². The van der Waals surface area contributed by atoms with Crippen molar-refractivity contribution in [2.24, 2.45) is 0 Å². The Balaban J connectivity index is 2.51. The van der Waals surface area contributed by atoms with Gasteiger partial charge >= 0.3 is 0 Å². The highest BCUT2D eigenvalue weighted by molar-refractivity contribution is 6.18. The number of anilines is 1. The van der Waals surface area contributed by atoms with E-state index in [9.17, 15) is 0 Å². The van der Waals surface area contributed by atoms with Gasteiger partial charge in [-0.15, -0.1) is 11.6 Å². The van der Waals surface area contributed by atoms with Crippen LogP contribution in [0.4, 0.5) is 5.82 Å². The minimum absolute atomic E-state index is 0.410. The molecule has 0 aromatic carbocycles. The van der Waals surface area contributed by atoms with Gasteiger partial charge in [0.05, 0.1) is 5.69 Å². The molecule has 4 nitrogen and oxygen atoms in total. The van der Waals surface area contributed by atoms with Crippen LogP contribution in [0, 0.1) is 0 Å². The fraction of sp³-hybridized carbons (Fsp3) is 0.625. The molecule has 0 unspecified atom stereocenters. The SMILES string of the molecule is CCC(CC)N(CCCl)c1nccn2nc(C(C)C)cc12.